The highest BCUT2D eigenvalue weighted by Crippen LogP contribution is 2.30. The summed E-state index contributed by atoms with van der Waals surface area (Å²) in [6.45, 7) is 4.91. The lowest BCUT2D eigenvalue weighted by molar-refractivity contribution is 0.374. The molecule has 0 aliphatic carbocycles. The first-order valence-electron chi connectivity index (χ1n) is 7.80. The summed E-state index contributed by atoms with van der Waals surface area (Å²) in [5.41, 5.74) is 3.23. The molecular weight excluding hydrogens is 232 g/mol. The molecule has 2 nitrogen and oxygen atoms in total. The van der Waals surface area contributed by atoms with Crippen LogP contribution in [-0.4, -0.2) is 38.1 Å². The van der Waals surface area contributed by atoms with Gasteiger partial charge in [0.15, 0.2) is 0 Å². The van der Waals surface area contributed by atoms with E-state index in [4.69, 9.17) is 0 Å². The van der Waals surface area contributed by atoms with E-state index in [1.807, 2.05) is 0 Å². The van der Waals surface area contributed by atoms with Gasteiger partial charge in [0, 0.05) is 6.54 Å². The van der Waals surface area contributed by atoms with Crippen molar-refractivity contribution in [2.24, 2.45) is 5.92 Å². The second-order valence-electron chi connectivity index (χ2n) is 6.36. The Morgan fingerprint density at radius 2 is 2.16 bits per heavy atom. The van der Waals surface area contributed by atoms with Crippen molar-refractivity contribution in [2.45, 2.75) is 31.6 Å². The Balaban J connectivity index is 1.73. The van der Waals surface area contributed by atoms with Gasteiger partial charge in [0.2, 0.25) is 0 Å². The van der Waals surface area contributed by atoms with E-state index >= 15 is 0 Å². The minimum absolute atomic E-state index is 0.762. The van der Waals surface area contributed by atoms with E-state index in [0.29, 0.717) is 0 Å². The van der Waals surface area contributed by atoms with E-state index in [2.05, 4.69) is 41.5 Å². The number of likely N-dealkylation sites (tertiary alicyclic amines) is 1. The van der Waals surface area contributed by atoms with Crippen molar-refractivity contribution in [3.63, 3.8) is 0 Å². The van der Waals surface area contributed by atoms with Crippen LogP contribution in [0.5, 0.6) is 0 Å². The summed E-state index contributed by atoms with van der Waals surface area (Å²) in [5.74, 6) is 1.60. The Labute approximate surface area is 117 Å². The predicted octanol–water partition coefficient (Wildman–Crippen LogP) is 2.65. The third-order valence-electron chi connectivity index (χ3n) is 4.79. The normalized spacial score (nSPS) is 28.7. The van der Waals surface area contributed by atoms with Crippen LogP contribution < -0.4 is 5.32 Å². The number of piperidine rings is 1. The zero-order valence-electron chi connectivity index (χ0n) is 12.1. The molecule has 104 valence electrons. The summed E-state index contributed by atoms with van der Waals surface area (Å²) in [6.07, 6.45) is 5.34. The average Bonchev–Trinajstić information content (AvgIpc) is 2.87. The number of benzene rings is 1. The van der Waals surface area contributed by atoms with Crippen LogP contribution in [0.4, 0.5) is 0 Å². The molecule has 2 atom stereocenters. The van der Waals surface area contributed by atoms with Crippen molar-refractivity contribution in [3.8, 4) is 0 Å². The van der Waals surface area contributed by atoms with Gasteiger partial charge in [-0.25, -0.2) is 0 Å². The summed E-state index contributed by atoms with van der Waals surface area (Å²) in [4.78, 5) is 2.46. The van der Waals surface area contributed by atoms with Crippen molar-refractivity contribution >= 4 is 0 Å². The maximum Gasteiger partial charge on any atom is 0.00478 e. The average molecular weight is 258 g/mol. The highest BCUT2D eigenvalue weighted by atomic mass is 15.1. The van der Waals surface area contributed by atoms with Crippen molar-refractivity contribution in [3.05, 3.63) is 35.4 Å². The van der Waals surface area contributed by atoms with Crippen LogP contribution in [0.25, 0.3) is 0 Å². The number of rotatable bonds is 3. The zero-order chi connectivity index (χ0) is 13.1. The van der Waals surface area contributed by atoms with Gasteiger partial charge in [-0.05, 0) is 75.3 Å². The van der Waals surface area contributed by atoms with Gasteiger partial charge in [-0.2, -0.15) is 0 Å². The van der Waals surface area contributed by atoms with Crippen LogP contribution in [0.3, 0.4) is 0 Å². The van der Waals surface area contributed by atoms with E-state index in [1.54, 1.807) is 11.1 Å². The highest BCUT2D eigenvalue weighted by Gasteiger charge is 2.24. The first kappa shape index (κ1) is 13.1. The van der Waals surface area contributed by atoms with Crippen LogP contribution in [0.15, 0.2) is 24.3 Å². The molecule has 3 rings (SSSR count). The quantitative estimate of drug-likeness (QED) is 0.896. The van der Waals surface area contributed by atoms with E-state index in [9.17, 15) is 0 Å². The van der Waals surface area contributed by atoms with Gasteiger partial charge in [-0.1, -0.05) is 24.3 Å². The molecule has 0 saturated carbocycles. The molecule has 1 aromatic rings. The molecule has 2 heterocycles. The van der Waals surface area contributed by atoms with Gasteiger partial charge in [0.1, 0.15) is 0 Å². The van der Waals surface area contributed by atoms with Crippen LogP contribution in [0.2, 0.25) is 0 Å². The lowest BCUT2D eigenvalue weighted by atomic mass is 9.86. The third kappa shape index (κ3) is 3.18. The Morgan fingerprint density at radius 3 is 2.89 bits per heavy atom. The number of hydrogen-bond donors (Lipinski definition) is 1. The summed E-state index contributed by atoms with van der Waals surface area (Å²) in [7, 11) is 2.24. The van der Waals surface area contributed by atoms with E-state index < -0.39 is 0 Å². The van der Waals surface area contributed by atoms with Gasteiger partial charge >= 0.3 is 0 Å². The SMILES string of the molecule is CN1CCC(c2ccccc2CC2CCCNC2)C1. The van der Waals surface area contributed by atoms with Gasteiger partial charge in [-0.3, -0.25) is 0 Å². The van der Waals surface area contributed by atoms with Crippen molar-refractivity contribution in [1.29, 1.82) is 0 Å². The molecule has 2 aliphatic rings. The maximum absolute atomic E-state index is 3.54. The molecule has 2 heteroatoms. The fraction of sp³-hybridized carbons (Fsp3) is 0.647. The van der Waals surface area contributed by atoms with Gasteiger partial charge < -0.3 is 10.2 Å². The van der Waals surface area contributed by atoms with E-state index in [1.165, 1.54) is 51.9 Å². The first-order chi connectivity index (χ1) is 9.33. The minimum Gasteiger partial charge on any atom is -0.316 e. The maximum atomic E-state index is 3.54. The zero-order valence-corrected chi connectivity index (χ0v) is 12.1. The summed E-state index contributed by atoms with van der Waals surface area (Å²) >= 11 is 0. The fourth-order valence-corrected chi connectivity index (χ4v) is 3.72. The Kier molecular flexibility index (Phi) is 4.19. The Hall–Kier alpha value is -0.860. The largest absolute Gasteiger partial charge is 0.316 e. The van der Waals surface area contributed by atoms with Crippen molar-refractivity contribution < 1.29 is 0 Å². The van der Waals surface area contributed by atoms with Crippen LogP contribution in [0, 0.1) is 5.92 Å². The van der Waals surface area contributed by atoms with Crippen molar-refractivity contribution in [2.75, 3.05) is 33.2 Å². The number of likely N-dealkylation sites (N-methyl/N-ethyl adjacent to an activating group) is 1. The summed E-state index contributed by atoms with van der Waals surface area (Å²) in [6, 6.07) is 9.17. The standard InChI is InChI=1S/C17H26N2/c1-19-10-8-16(13-19)17-7-3-2-6-15(17)11-14-5-4-9-18-12-14/h2-3,6-7,14,16,18H,4-5,8-13H2,1H3. The van der Waals surface area contributed by atoms with Crippen LogP contribution in [-0.2, 0) is 6.42 Å². The van der Waals surface area contributed by atoms with Crippen LogP contribution >= 0.6 is 0 Å². The lowest BCUT2D eigenvalue weighted by Gasteiger charge is -2.25. The molecular formula is C17H26N2. The molecule has 19 heavy (non-hydrogen) atoms. The van der Waals surface area contributed by atoms with Gasteiger partial charge in [0.25, 0.3) is 0 Å². The number of nitrogens with one attached hydrogen (secondary N) is 1. The second-order valence-corrected chi connectivity index (χ2v) is 6.36. The first-order valence-corrected chi connectivity index (χ1v) is 7.80. The van der Waals surface area contributed by atoms with Crippen LogP contribution in [0.1, 0.15) is 36.3 Å². The summed E-state index contributed by atoms with van der Waals surface area (Å²) in [5, 5.41) is 3.54. The Morgan fingerprint density at radius 1 is 1.26 bits per heavy atom. The molecule has 2 fully saturated rings. The van der Waals surface area contributed by atoms with E-state index in [-0.39, 0.29) is 0 Å². The number of nitrogens with zero attached hydrogens (tertiary/aromatic N) is 1. The van der Waals surface area contributed by atoms with Gasteiger partial charge in [0.05, 0.1) is 0 Å². The Bertz CT molecular complexity index is 409. The molecule has 2 saturated heterocycles. The molecule has 0 radical (unpaired) electrons. The predicted molar refractivity (Wildman–Crippen MR) is 80.6 cm³/mol. The highest BCUT2D eigenvalue weighted by molar-refractivity contribution is 5.32. The molecule has 2 unspecified atom stereocenters. The third-order valence-corrected chi connectivity index (χ3v) is 4.79. The second kappa shape index (κ2) is 6.06. The van der Waals surface area contributed by atoms with Gasteiger partial charge in [-0.15, -0.1) is 0 Å². The van der Waals surface area contributed by atoms with E-state index in [0.717, 1.165) is 11.8 Å². The molecule has 0 spiro atoms. The summed E-state index contributed by atoms with van der Waals surface area (Å²) < 4.78 is 0. The lowest BCUT2D eigenvalue weighted by Crippen LogP contribution is -2.31. The molecule has 0 bridgehead atoms. The monoisotopic (exact) mass is 258 g/mol. The smallest absolute Gasteiger partial charge is 0.00478 e. The van der Waals surface area contributed by atoms with Crippen molar-refractivity contribution in [1.82, 2.24) is 10.2 Å². The topological polar surface area (TPSA) is 15.3 Å². The molecule has 1 aromatic carbocycles. The molecule has 0 amide bonds. The molecule has 1 N–H and O–H groups in total. The molecule has 0 aromatic heterocycles. The number of hydrogen-bond acceptors (Lipinski definition) is 2. The molecule has 2 aliphatic heterocycles. The minimum atomic E-state index is 0.762. The fourth-order valence-electron chi connectivity index (χ4n) is 3.72.